The van der Waals surface area contributed by atoms with Gasteiger partial charge in [0, 0.05) is 27.5 Å². The third-order valence-corrected chi connectivity index (χ3v) is 11.8. The molecule has 0 aliphatic heterocycles. The molecule has 9 aromatic carbocycles. The molecular weight excluding hydrogens is 723 g/mol. The van der Waals surface area contributed by atoms with Crippen LogP contribution in [0.5, 0.6) is 0 Å². The zero-order valence-electron chi connectivity index (χ0n) is 32.3. The Bertz CT molecular complexity index is 3480. The molecule has 0 saturated heterocycles. The molecule has 266 valence electrons. The highest BCUT2D eigenvalue weighted by atomic mass is 16.3. The number of hydrogen-bond donors (Lipinski definition) is 0. The summed E-state index contributed by atoms with van der Waals surface area (Å²) < 4.78 is 6.51. The standard InChI is InChI=1S/C52H27B5N2O/c53-47-45(48(54)50(56)51(57)49(47)55)30-19-17-29(18-20-30)42-27-41(28-9-2-1-3-10-28)58-52(59-42)38-15-8-16-44-46(38)40-26-32(22-24-43(40)60-44)31-21-23-37-35-13-5-4-11-33(35)34-12-6-7-14-36(34)39(37)25-31/h1-27H. The molecule has 2 heterocycles. The third-order valence-electron chi connectivity index (χ3n) is 11.8. The highest BCUT2D eigenvalue weighted by molar-refractivity contribution is 6.68. The SMILES string of the molecule is [B]c1c([B])c([B])c(-c2ccc(-c3cc(-c4ccccc4)nc(-c4cccc5oc6ccc(-c7ccc8c9ccccc9c9ccccc9c8c7)cc6c45)n3)cc2)c([B])c1[B]. The molecule has 0 N–H and O–H groups in total. The molecular formula is C52H27B5N2O. The van der Waals surface area contributed by atoms with Gasteiger partial charge in [-0.15, -0.1) is 16.4 Å². The normalized spacial score (nSPS) is 11.7. The van der Waals surface area contributed by atoms with Crippen molar-refractivity contribution >= 4 is 121 Å². The van der Waals surface area contributed by atoms with E-state index in [1.165, 1.54) is 32.3 Å². The number of fused-ring (bicyclic) bond motifs is 9. The average molecular weight is 750 g/mol. The topological polar surface area (TPSA) is 38.9 Å². The first-order chi connectivity index (χ1) is 29.3. The van der Waals surface area contributed by atoms with Crippen LogP contribution in [0.4, 0.5) is 0 Å². The van der Waals surface area contributed by atoms with Crippen molar-refractivity contribution in [1.82, 2.24) is 9.97 Å². The maximum Gasteiger partial charge on any atom is 0.161 e. The average Bonchev–Trinajstić information content (AvgIpc) is 3.69. The Morgan fingerprint density at radius 3 is 1.45 bits per heavy atom. The van der Waals surface area contributed by atoms with Crippen molar-refractivity contribution in [3.05, 3.63) is 164 Å². The van der Waals surface area contributed by atoms with Gasteiger partial charge in [0.1, 0.15) is 50.4 Å². The van der Waals surface area contributed by atoms with Crippen LogP contribution in [0.25, 0.3) is 110 Å². The first kappa shape index (κ1) is 36.1. The smallest absolute Gasteiger partial charge is 0.161 e. The fourth-order valence-electron chi connectivity index (χ4n) is 8.72. The maximum atomic E-state index is 6.51. The van der Waals surface area contributed by atoms with Crippen molar-refractivity contribution in [3.8, 4) is 56.2 Å². The van der Waals surface area contributed by atoms with Crippen molar-refractivity contribution < 1.29 is 4.42 Å². The van der Waals surface area contributed by atoms with Gasteiger partial charge in [0.05, 0.1) is 11.4 Å². The first-order valence-electron chi connectivity index (χ1n) is 19.7. The molecule has 2 aromatic heterocycles. The Hall–Kier alpha value is -7.04. The van der Waals surface area contributed by atoms with Crippen LogP contribution in [0.1, 0.15) is 0 Å². The van der Waals surface area contributed by atoms with E-state index in [1.54, 1.807) is 0 Å². The number of rotatable bonds is 5. The lowest BCUT2D eigenvalue weighted by Gasteiger charge is -2.21. The molecule has 10 radical (unpaired) electrons. The summed E-state index contributed by atoms with van der Waals surface area (Å²) in [6.07, 6.45) is 0. The molecule has 3 nitrogen and oxygen atoms in total. The van der Waals surface area contributed by atoms with E-state index in [1.807, 2.05) is 60.7 Å². The molecule has 0 atom stereocenters. The van der Waals surface area contributed by atoms with Crippen LogP contribution in [0.2, 0.25) is 0 Å². The van der Waals surface area contributed by atoms with Gasteiger partial charge in [0.15, 0.2) is 5.82 Å². The summed E-state index contributed by atoms with van der Waals surface area (Å²) in [6.45, 7) is 0. The van der Waals surface area contributed by atoms with Crippen LogP contribution in [-0.2, 0) is 0 Å². The summed E-state index contributed by atoms with van der Waals surface area (Å²) >= 11 is 0. The van der Waals surface area contributed by atoms with Crippen LogP contribution in [0, 0.1) is 0 Å². The van der Waals surface area contributed by atoms with Gasteiger partial charge in [-0.2, -0.15) is 0 Å². The summed E-state index contributed by atoms with van der Waals surface area (Å²) in [7, 11) is 31.3. The van der Waals surface area contributed by atoms with Crippen molar-refractivity contribution in [2.75, 3.05) is 0 Å². The highest BCUT2D eigenvalue weighted by Crippen LogP contribution is 2.41. The Morgan fingerprint density at radius 2 is 0.817 bits per heavy atom. The molecule has 0 bridgehead atoms. The Balaban J connectivity index is 1.07. The molecule has 8 heteroatoms. The first-order valence-corrected chi connectivity index (χ1v) is 19.7. The molecule has 0 aliphatic carbocycles. The summed E-state index contributed by atoms with van der Waals surface area (Å²) in [5.41, 5.74) is 10.5. The molecule has 0 spiro atoms. The summed E-state index contributed by atoms with van der Waals surface area (Å²) in [6, 6.07) is 56.5. The van der Waals surface area contributed by atoms with Gasteiger partial charge in [0.25, 0.3) is 0 Å². The van der Waals surface area contributed by atoms with Crippen LogP contribution >= 0.6 is 0 Å². The van der Waals surface area contributed by atoms with E-state index in [0.29, 0.717) is 11.4 Å². The third kappa shape index (κ3) is 5.73. The van der Waals surface area contributed by atoms with Gasteiger partial charge in [-0.05, 0) is 84.9 Å². The number of hydrogen-bond acceptors (Lipinski definition) is 3. The molecule has 0 amide bonds. The minimum atomic E-state index is 0.181. The van der Waals surface area contributed by atoms with E-state index in [-0.39, 0.29) is 27.3 Å². The summed E-state index contributed by atoms with van der Waals surface area (Å²) in [5.74, 6) is 0.575. The van der Waals surface area contributed by atoms with Gasteiger partial charge in [-0.25, -0.2) is 9.97 Å². The lowest BCUT2D eigenvalue weighted by Crippen LogP contribution is -2.55. The minimum absolute atomic E-state index is 0.181. The highest BCUT2D eigenvalue weighted by Gasteiger charge is 2.19. The largest absolute Gasteiger partial charge is 0.456 e. The zero-order valence-corrected chi connectivity index (χ0v) is 32.3. The molecule has 11 aromatic rings. The number of benzene rings is 9. The monoisotopic (exact) mass is 750 g/mol. The van der Waals surface area contributed by atoms with Crippen molar-refractivity contribution in [3.63, 3.8) is 0 Å². The van der Waals surface area contributed by atoms with Gasteiger partial charge >= 0.3 is 0 Å². The van der Waals surface area contributed by atoms with Crippen LogP contribution in [0.3, 0.4) is 0 Å². The Morgan fingerprint density at radius 1 is 0.333 bits per heavy atom. The predicted octanol–water partition coefficient (Wildman–Crippen LogP) is 8.14. The second kappa shape index (κ2) is 14.1. The van der Waals surface area contributed by atoms with E-state index < -0.39 is 0 Å². The van der Waals surface area contributed by atoms with E-state index >= 15 is 0 Å². The van der Waals surface area contributed by atoms with E-state index in [4.69, 9.17) is 53.6 Å². The van der Waals surface area contributed by atoms with Crippen LogP contribution < -0.4 is 27.3 Å². The second-order valence-electron chi connectivity index (χ2n) is 15.2. The quantitative estimate of drug-likeness (QED) is 0.132. The van der Waals surface area contributed by atoms with Gasteiger partial charge in [0.2, 0.25) is 0 Å². The van der Waals surface area contributed by atoms with Crippen molar-refractivity contribution in [2.45, 2.75) is 0 Å². The fraction of sp³-hybridized carbons (Fsp3) is 0. The van der Waals surface area contributed by atoms with E-state index in [2.05, 4.69) is 103 Å². The Labute approximate surface area is 353 Å². The zero-order chi connectivity index (χ0) is 40.6. The molecule has 0 aliphatic rings. The maximum absolute atomic E-state index is 6.51. The van der Waals surface area contributed by atoms with Crippen molar-refractivity contribution in [1.29, 1.82) is 0 Å². The van der Waals surface area contributed by atoms with Gasteiger partial charge in [-0.1, -0.05) is 144 Å². The fourth-order valence-corrected chi connectivity index (χ4v) is 8.72. The number of nitrogens with zero attached hydrogens (tertiary/aromatic N) is 2. The minimum Gasteiger partial charge on any atom is -0.456 e. The van der Waals surface area contributed by atoms with Crippen LogP contribution in [-0.4, -0.2) is 49.2 Å². The lowest BCUT2D eigenvalue weighted by atomic mass is 9.59. The Kier molecular flexibility index (Phi) is 8.46. The molecule has 0 saturated carbocycles. The predicted molar refractivity (Wildman–Crippen MR) is 256 cm³/mol. The number of aromatic nitrogens is 2. The van der Waals surface area contributed by atoms with E-state index in [0.717, 1.165) is 66.7 Å². The molecule has 11 rings (SSSR count). The lowest BCUT2D eigenvalue weighted by molar-refractivity contribution is 0.669. The second-order valence-corrected chi connectivity index (χ2v) is 15.2. The van der Waals surface area contributed by atoms with Crippen molar-refractivity contribution in [2.24, 2.45) is 0 Å². The summed E-state index contributed by atoms with van der Waals surface area (Å²) in [4.78, 5) is 10.4. The van der Waals surface area contributed by atoms with E-state index in [9.17, 15) is 0 Å². The molecule has 0 fully saturated rings. The summed E-state index contributed by atoms with van der Waals surface area (Å²) in [5, 5.41) is 9.38. The molecule has 0 unspecified atom stereocenters. The molecule has 60 heavy (non-hydrogen) atoms. The van der Waals surface area contributed by atoms with Gasteiger partial charge < -0.3 is 4.42 Å². The van der Waals surface area contributed by atoms with Crippen LogP contribution in [0.15, 0.2) is 168 Å². The van der Waals surface area contributed by atoms with Gasteiger partial charge in [-0.3, -0.25) is 0 Å². The number of furan rings is 1.